The van der Waals surface area contributed by atoms with Gasteiger partial charge in [-0.2, -0.15) is 0 Å². The molecule has 1 N–H and O–H groups in total. The van der Waals surface area contributed by atoms with Gasteiger partial charge in [-0.1, -0.05) is 12.2 Å². The van der Waals surface area contributed by atoms with Crippen LogP contribution in [0.2, 0.25) is 0 Å². The third kappa shape index (κ3) is 7.51. The summed E-state index contributed by atoms with van der Waals surface area (Å²) >= 11 is 0. The summed E-state index contributed by atoms with van der Waals surface area (Å²) < 4.78 is 4.90. The Bertz CT molecular complexity index is 130. The summed E-state index contributed by atoms with van der Waals surface area (Å²) in [7, 11) is 0. The fourth-order valence-corrected chi connectivity index (χ4v) is 0.819. The highest BCUT2D eigenvalue weighted by molar-refractivity contribution is 4.84. The Balaban J connectivity index is 3.27. The average Bonchev–Trinajstić information content (AvgIpc) is 2.05. The van der Waals surface area contributed by atoms with Crippen LogP contribution in [0.3, 0.4) is 0 Å². The van der Waals surface area contributed by atoms with E-state index in [2.05, 4.69) is 6.58 Å². The summed E-state index contributed by atoms with van der Waals surface area (Å²) in [4.78, 5) is 0. The van der Waals surface area contributed by atoms with Gasteiger partial charge in [-0.05, 0) is 32.3 Å². The minimum atomic E-state index is -0.737. The lowest BCUT2D eigenvalue weighted by Gasteiger charge is -2.03. The average molecular weight is 170 g/mol. The van der Waals surface area contributed by atoms with Crippen LogP contribution in [0.4, 0.5) is 0 Å². The minimum absolute atomic E-state index is 0.540. The van der Waals surface area contributed by atoms with Gasteiger partial charge in [-0.15, -0.1) is 6.58 Å². The second kappa shape index (κ2) is 8.50. The lowest BCUT2D eigenvalue weighted by Crippen LogP contribution is -2.07. The maximum atomic E-state index is 9.08. The van der Waals surface area contributed by atoms with Crippen molar-refractivity contribution in [3.8, 4) is 0 Å². The lowest BCUT2D eigenvalue weighted by atomic mass is 10.2. The Kier molecular flexibility index (Phi) is 8.07. The van der Waals surface area contributed by atoms with Crippen molar-refractivity contribution in [3.63, 3.8) is 0 Å². The van der Waals surface area contributed by atoms with E-state index in [1.54, 1.807) is 6.08 Å². The van der Waals surface area contributed by atoms with Crippen LogP contribution >= 0.6 is 0 Å². The zero-order valence-corrected chi connectivity index (χ0v) is 7.70. The maximum absolute atomic E-state index is 9.08. The lowest BCUT2D eigenvalue weighted by molar-refractivity contribution is -0.0588. The number of aliphatic hydroxyl groups is 1. The molecule has 0 aliphatic carbocycles. The molecule has 2 nitrogen and oxygen atoms in total. The number of hydrogen-bond acceptors (Lipinski definition) is 2. The number of unbranched alkanes of at least 4 members (excludes halogenated alkanes) is 2. The Labute approximate surface area is 74.6 Å². The molecule has 0 radical (unpaired) electrons. The summed E-state index contributed by atoms with van der Waals surface area (Å²) in [5.74, 6) is 0. The summed E-state index contributed by atoms with van der Waals surface area (Å²) in [5, 5.41) is 9.08. The summed E-state index contributed by atoms with van der Waals surface area (Å²) in [6, 6.07) is 0. The Morgan fingerprint density at radius 2 is 2.25 bits per heavy atom. The SMILES string of the molecule is C=CCCC/C=C/C(O)OCC. The summed E-state index contributed by atoms with van der Waals surface area (Å²) in [6.07, 6.45) is 7.84. The van der Waals surface area contributed by atoms with Crippen molar-refractivity contribution in [2.45, 2.75) is 32.5 Å². The van der Waals surface area contributed by atoms with Gasteiger partial charge in [0.15, 0.2) is 6.29 Å². The molecule has 0 aromatic carbocycles. The predicted molar refractivity (Wildman–Crippen MR) is 50.8 cm³/mol. The van der Waals surface area contributed by atoms with Gasteiger partial charge in [0.05, 0.1) is 0 Å². The minimum Gasteiger partial charge on any atom is -0.365 e. The van der Waals surface area contributed by atoms with E-state index in [4.69, 9.17) is 9.84 Å². The van der Waals surface area contributed by atoms with Crippen LogP contribution < -0.4 is 0 Å². The number of allylic oxidation sites excluding steroid dienone is 2. The topological polar surface area (TPSA) is 29.5 Å². The molecule has 1 unspecified atom stereocenters. The first-order valence-electron chi connectivity index (χ1n) is 4.38. The highest BCUT2D eigenvalue weighted by Crippen LogP contribution is 1.98. The third-order valence-corrected chi connectivity index (χ3v) is 1.42. The molecule has 2 heteroatoms. The number of ether oxygens (including phenoxy) is 1. The second-order valence-electron chi connectivity index (χ2n) is 2.49. The van der Waals surface area contributed by atoms with Gasteiger partial charge in [-0.25, -0.2) is 0 Å². The van der Waals surface area contributed by atoms with Crippen molar-refractivity contribution in [2.75, 3.05) is 6.61 Å². The molecule has 0 aromatic rings. The molecule has 12 heavy (non-hydrogen) atoms. The second-order valence-corrected chi connectivity index (χ2v) is 2.49. The van der Waals surface area contributed by atoms with Gasteiger partial charge < -0.3 is 9.84 Å². The highest BCUT2D eigenvalue weighted by atomic mass is 16.6. The van der Waals surface area contributed by atoms with E-state index in [-0.39, 0.29) is 0 Å². The van der Waals surface area contributed by atoms with E-state index in [0.29, 0.717) is 6.61 Å². The van der Waals surface area contributed by atoms with Crippen molar-refractivity contribution in [3.05, 3.63) is 24.8 Å². The Morgan fingerprint density at radius 1 is 1.50 bits per heavy atom. The predicted octanol–water partition coefficient (Wildman–Crippen LogP) is 2.25. The fraction of sp³-hybridized carbons (Fsp3) is 0.600. The molecule has 0 heterocycles. The van der Waals surface area contributed by atoms with Crippen LogP contribution in [0.25, 0.3) is 0 Å². The van der Waals surface area contributed by atoms with Crippen LogP contribution in [0.5, 0.6) is 0 Å². The first-order valence-corrected chi connectivity index (χ1v) is 4.38. The summed E-state index contributed by atoms with van der Waals surface area (Å²) in [5.41, 5.74) is 0. The molecule has 0 saturated heterocycles. The molecule has 0 fully saturated rings. The third-order valence-electron chi connectivity index (χ3n) is 1.42. The molecule has 0 amide bonds. The standard InChI is InChI=1S/C10H18O2/c1-3-5-6-7-8-9-10(11)12-4-2/h3,8-11H,1,4-7H2,2H3/b9-8+. The zero-order chi connectivity index (χ0) is 9.23. The van der Waals surface area contributed by atoms with E-state index in [1.165, 1.54) is 0 Å². The van der Waals surface area contributed by atoms with Crippen LogP contribution in [0, 0.1) is 0 Å². The van der Waals surface area contributed by atoms with E-state index >= 15 is 0 Å². The van der Waals surface area contributed by atoms with Crippen LogP contribution in [-0.2, 0) is 4.74 Å². The number of aliphatic hydroxyl groups excluding tert-OH is 1. The Morgan fingerprint density at radius 3 is 2.83 bits per heavy atom. The molecule has 0 bridgehead atoms. The molecular weight excluding hydrogens is 152 g/mol. The first-order chi connectivity index (χ1) is 5.81. The maximum Gasteiger partial charge on any atom is 0.174 e. The molecule has 0 rings (SSSR count). The number of rotatable bonds is 7. The van der Waals surface area contributed by atoms with Gasteiger partial charge in [-0.3, -0.25) is 0 Å². The van der Waals surface area contributed by atoms with Gasteiger partial charge in [0.2, 0.25) is 0 Å². The van der Waals surface area contributed by atoms with Crippen molar-refractivity contribution < 1.29 is 9.84 Å². The Hall–Kier alpha value is -0.600. The van der Waals surface area contributed by atoms with E-state index in [1.807, 2.05) is 19.1 Å². The highest BCUT2D eigenvalue weighted by Gasteiger charge is 1.93. The molecular formula is C10H18O2. The van der Waals surface area contributed by atoms with Crippen LogP contribution in [-0.4, -0.2) is 18.0 Å². The van der Waals surface area contributed by atoms with E-state index in [9.17, 15) is 0 Å². The van der Waals surface area contributed by atoms with Gasteiger partial charge in [0, 0.05) is 6.61 Å². The molecule has 0 aliphatic rings. The van der Waals surface area contributed by atoms with Gasteiger partial charge in [0.1, 0.15) is 0 Å². The van der Waals surface area contributed by atoms with Crippen molar-refractivity contribution >= 4 is 0 Å². The molecule has 0 aliphatic heterocycles. The van der Waals surface area contributed by atoms with Crippen LogP contribution in [0.15, 0.2) is 24.8 Å². The summed E-state index contributed by atoms with van der Waals surface area (Å²) in [6.45, 7) is 6.02. The molecule has 70 valence electrons. The van der Waals surface area contributed by atoms with Crippen molar-refractivity contribution in [1.29, 1.82) is 0 Å². The van der Waals surface area contributed by atoms with Crippen molar-refractivity contribution in [1.82, 2.24) is 0 Å². The zero-order valence-electron chi connectivity index (χ0n) is 7.70. The molecule has 0 spiro atoms. The van der Waals surface area contributed by atoms with Crippen molar-refractivity contribution in [2.24, 2.45) is 0 Å². The molecule has 0 aromatic heterocycles. The van der Waals surface area contributed by atoms with Gasteiger partial charge in [0.25, 0.3) is 0 Å². The largest absolute Gasteiger partial charge is 0.365 e. The van der Waals surface area contributed by atoms with E-state index < -0.39 is 6.29 Å². The quantitative estimate of drug-likeness (QED) is 0.361. The molecule has 1 atom stereocenters. The van der Waals surface area contributed by atoms with Gasteiger partial charge >= 0.3 is 0 Å². The van der Waals surface area contributed by atoms with Crippen LogP contribution in [0.1, 0.15) is 26.2 Å². The first kappa shape index (κ1) is 11.4. The monoisotopic (exact) mass is 170 g/mol. The fourth-order valence-electron chi connectivity index (χ4n) is 0.819. The van der Waals surface area contributed by atoms with E-state index in [0.717, 1.165) is 19.3 Å². The number of hydrogen-bond donors (Lipinski definition) is 1. The normalized spacial score (nSPS) is 13.5. The smallest absolute Gasteiger partial charge is 0.174 e. The molecule has 0 saturated carbocycles.